The molecule has 2 unspecified atom stereocenters. The highest BCUT2D eigenvalue weighted by Gasteiger charge is 2.34. The van der Waals surface area contributed by atoms with Gasteiger partial charge in [0.2, 0.25) is 0 Å². The van der Waals surface area contributed by atoms with Crippen LogP contribution in [0.15, 0.2) is 0 Å². The Hall–Kier alpha value is -0.120. The monoisotopic (exact) mass is 270 g/mol. The van der Waals surface area contributed by atoms with Crippen LogP contribution in [0.5, 0.6) is 0 Å². The first kappa shape index (κ1) is 16.9. The molecule has 0 aromatic heterocycles. The minimum Gasteiger partial charge on any atom is -0.385 e. The summed E-state index contributed by atoms with van der Waals surface area (Å²) < 4.78 is 5.25. The van der Waals surface area contributed by atoms with Crippen molar-refractivity contribution in [3.63, 3.8) is 0 Å². The van der Waals surface area contributed by atoms with Crippen LogP contribution in [0.3, 0.4) is 0 Å². The van der Waals surface area contributed by atoms with Crippen molar-refractivity contribution in [2.75, 3.05) is 33.4 Å². The highest BCUT2D eigenvalue weighted by atomic mass is 16.5. The SMILES string of the molecule is COCCC(C)(CN)N1CCCC(C(C)(C)C)CC1. The lowest BCUT2D eigenvalue weighted by molar-refractivity contribution is 0.0684. The summed E-state index contributed by atoms with van der Waals surface area (Å²) in [6.45, 7) is 13.3. The summed E-state index contributed by atoms with van der Waals surface area (Å²) in [6, 6.07) is 0. The van der Waals surface area contributed by atoms with E-state index in [0.717, 1.165) is 25.5 Å². The van der Waals surface area contributed by atoms with Gasteiger partial charge in [0.25, 0.3) is 0 Å². The molecule has 0 aromatic rings. The molecular weight excluding hydrogens is 236 g/mol. The molecule has 0 bridgehead atoms. The van der Waals surface area contributed by atoms with Gasteiger partial charge in [-0.15, -0.1) is 0 Å². The van der Waals surface area contributed by atoms with E-state index in [0.29, 0.717) is 5.41 Å². The third kappa shape index (κ3) is 4.73. The van der Waals surface area contributed by atoms with Gasteiger partial charge in [-0.3, -0.25) is 4.90 Å². The zero-order valence-corrected chi connectivity index (χ0v) is 13.7. The fourth-order valence-corrected chi connectivity index (χ4v) is 3.21. The average Bonchev–Trinajstić information content (AvgIpc) is 2.61. The molecule has 1 heterocycles. The Morgan fingerprint density at radius 2 is 1.84 bits per heavy atom. The Balaban J connectivity index is 2.64. The lowest BCUT2D eigenvalue weighted by Gasteiger charge is -2.40. The second-order valence-corrected chi connectivity index (χ2v) is 7.42. The van der Waals surface area contributed by atoms with Crippen molar-refractivity contribution >= 4 is 0 Å². The van der Waals surface area contributed by atoms with Gasteiger partial charge in [-0.05, 0) is 57.0 Å². The minimum absolute atomic E-state index is 0.1000. The van der Waals surface area contributed by atoms with Gasteiger partial charge in [-0.25, -0.2) is 0 Å². The van der Waals surface area contributed by atoms with E-state index in [1.54, 1.807) is 7.11 Å². The first-order chi connectivity index (χ1) is 8.83. The predicted octanol–water partition coefficient (Wildman–Crippen LogP) is 2.89. The molecule has 0 spiro atoms. The standard InChI is InChI=1S/C16H34N2O/c1-15(2,3)14-7-6-10-18(11-8-14)16(4,13-17)9-12-19-5/h14H,6-13,17H2,1-5H3. The van der Waals surface area contributed by atoms with Gasteiger partial charge >= 0.3 is 0 Å². The molecule has 0 saturated carbocycles. The van der Waals surface area contributed by atoms with Gasteiger partial charge in [0, 0.05) is 25.8 Å². The molecule has 1 saturated heterocycles. The molecule has 1 aliphatic rings. The minimum atomic E-state index is 0.1000. The van der Waals surface area contributed by atoms with Gasteiger partial charge in [-0.2, -0.15) is 0 Å². The number of likely N-dealkylation sites (tertiary alicyclic amines) is 1. The highest BCUT2D eigenvalue weighted by Crippen LogP contribution is 2.35. The average molecular weight is 270 g/mol. The van der Waals surface area contributed by atoms with Crippen LogP contribution < -0.4 is 5.73 Å². The molecule has 0 aromatic carbocycles. The molecule has 1 fully saturated rings. The summed E-state index contributed by atoms with van der Waals surface area (Å²) >= 11 is 0. The van der Waals surface area contributed by atoms with Crippen molar-refractivity contribution in [2.24, 2.45) is 17.1 Å². The molecule has 1 rings (SSSR count). The summed E-state index contributed by atoms with van der Waals surface area (Å²) in [4.78, 5) is 2.61. The zero-order chi connectivity index (χ0) is 14.5. The lowest BCUT2D eigenvalue weighted by Crippen LogP contribution is -2.52. The van der Waals surface area contributed by atoms with E-state index in [2.05, 4.69) is 32.6 Å². The molecule has 2 atom stereocenters. The maximum atomic E-state index is 6.05. The normalized spacial score (nSPS) is 25.9. The van der Waals surface area contributed by atoms with E-state index in [1.165, 1.54) is 32.4 Å². The third-order valence-corrected chi connectivity index (χ3v) is 5.00. The Bertz CT molecular complexity index is 262. The lowest BCUT2D eigenvalue weighted by atomic mass is 9.76. The topological polar surface area (TPSA) is 38.5 Å². The molecule has 3 nitrogen and oxygen atoms in total. The highest BCUT2D eigenvalue weighted by molar-refractivity contribution is 4.90. The maximum absolute atomic E-state index is 6.05. The molecule has 0 radical (unpaired) electrons. The van der Waals surface area contributed by atoms with Crippen LogP contribution in [0.1, 0.15) is 53.4 Å². The summed E-state index contributed by atoms with van der Waals surface area (Å²) in [5.74, 6) is 0.835. The van der Waals surface area contributed by atoms with Crippen molar-refractivity contribution < 1.29 is 4.74 Å². The van der Waals surface area contributed by atoms with Gasteiger partial charge in [-0.1, -0.05) is 20.8 Å². The van der Waals surface area contributed by atoms with Crippen molar-refractivity contribution in [3.05, 3.63) is 0 Å². The molecular formula is C16H34N2O. The van der Waals surface area contributed by atoms with Crippen molar-refractivity contribution in [1.82, 2.24) is 4.90 Å². The van der Waals surface area contributed by atoms with E-state index >= 15 is 0 Å². The van der Waals surface area contributed by atoms with Crippen molar-refractivity contribution in [2.45, 2.75) is 58.9 Å². The largest absolute Gasteiger partial charge is 0.385 e. The summed E-state index contributed by atoms with van der Waals surface area (Å²) in [6.07, 6.45) is 4.97. The Morgan fingerprint density at radius 3 is 2.37 bits per heavy atom. The van der Waals surface area contributed by atoms with Gasteiger partial charge in [0.15, 0.2) is 0 Å². The Labute approximate surface area is 119 Å². The zero-order valence-electron chi connectivity index (χ0n) is 13.7. The number of ether oxygens (including phenoxy) is 1. The third-order valence-electron chi connectivity index (χ3n) is 5.00. The first-order valence-electron chi connectivity index (χ1n) is 7.77. The molecule has 0 amide bonds. The number of hydrogen-bond donors (Lipinski definition) is 1. The summed E-state index contributed by atoms with van der Waals surface area (Å²) in [7, 11) is 1.77. The smallest absolute Gasteiger partial charge is 0.0480 e. The van der Waals surface area contributed by atoms with Crippen molar-refractivity contribution in [3.8, 4) is 0 Å². The predicted molar refractivity (Wildman–Crippen MR) is 82.3 cm³/mol. The maximum Gasteiger partial charge on any atom is 0.0480 e. The number of rotatable bonds is 5. The second-order valence-electron chi connectivity index (χ2n) is 7.42. The quantitative estimate of drug-likeness (QED) is 0.835. The van der Waals surface area contributed by atoms with Gasteiger partial charge in [0.05, 0.1) is 0 Å². The van der Waals surface area contributed by atoms with Crippen LogP contribution in [-0.4, -0.2) is 43.8 Å². The van der Waals surface area contributed by atoms with Crippen LogP contribution >= 0.6 is 0 Å². The molecule has 114 valence electrons. The summed E-state index contributed by atoms with van der Waals surface area (Å²) in [5, 5.41) is 0. The van der Waals surface area contributed by atoms with Crippen LogP contribution in [0.4, 0.5) is 0 Å². The van der Waals surface area contributed by atoms with Crippen LogP contribution in [0, 0.1) is 11.3 Å². The van der Waals surface area contributed by atoms with Crippen LogP contribution in [-0.2, 0) is 4.74 Å². The molecule has 19 heavy (non-hydrogen) atoms. The number of hydrogen-bond acceptors (Lipinski definition) is 3. The number of nitrogens with two attached hydrogens (primary N) is 1. The van der Waals surface area contributed by atoms with E-state index in [9.17, 15) is 0 Å². The van der Waals surface area contributed by atoms with Crippen molar-refractivity contribution in [1.29, 1.82) is 0 Å². The van der Waals surface area contributed by atoms with E-state index in [4.69, 9.17) is 10.5 Å². The summed E-state index contributed by atoms with van der Waals surface area (Å²) in [5.41, 5.74) is 6.59. The van der Waals surface area contributed by atoms with Crippen LogP contribution in [0.25, 0.3) is 0 Å². The number of nitrogens with zero attached hydrogens (tertiary/aromatic N) is 1. The molecule has 1 aliphatic heterocycles. The number of methoxy groups -OCH3 is 1. The Morgan fingerprint density at radius 1 is 1.16 bits per heavy atom. The van der Waals surface area contributed by atoms with Gasteiger partial charge in [0.1, 0.15) is 0 Å². The molecule has 2 N–H and O–H groups in total. The fraction of sp³-hybridized carbons (Fsp3) is 1.00. The Kier molecular flexibility index (Phi) is 6.28. The fourth-order valence-electron chi connectivity index (χ4n) is 3.21. The van der Waals surface area contributed by atoms with E-state index in [1.807, 2.05) is 0 Å². The second kappa shape index (κ2) is 7.05. The molecule has 3 heteroatoms. The molecule has 0 aliphatic carbocycles. The first-order valence-corrected chi connectivity index (χ1v) is 7.77. The van der Waals surface area contributed by atoms with Gasteiger partial charge < -0.3 is 10.5 Å². The van der Waals surface area contributed by atoms with E-state index < -0.39 is 0 Å². The van der Waals surface area contributed by atoms with Crippen LogP contribution in [0.2, 0.25) is 0 Å². The van der Waals surface area contributed by atoms with E-state index in [-0.39, 0.29) is 5.54 Å².